The Morgan fingerprint density at radius 1 is 0.935 bits per heavy atom. The maximum Gasteiger partial charge on any atom is 0.269 e. The molecule has 46 heavy (non-hydrogen) atoms. The van der Waals surface area contributed by atoms with Gasteiger partial charge < -0.3 is 28.5 Å². The Labute approximate surface area is 276 Å². The first-order valence-corrected chi connectivity index (χ1v) is 18.7. The van der Waals surface area contributed by atoms with Crippen LogP contribution in [0.4, 0.5) is 5.69 Å². The molecule has 256 valence electrons. The summed E-state index contributed by atoms with van der Waals surface area (Å²) in [7, 11) is 1.39. The van der Waals surface area contributed by atoms with E-state index in [2.05, 4.69) is 40.8 Å². The van der Waals surface area contributed by atoms with E-state index in [1.54, 1.807) is 26.4 Å². The van der Waals surface area contributed by atoms with Gasteiger partial charge in [-0.3, -0.25) is 10.1 Å². The monoisotopic (exact) mass is 657 g/mol. The van der Waals surface area contributed by atoms with Crippen molar-refractivity contribution in [2.45, 2.75) is 97.6 Å². The average Bonchev–Trinajstić information content (AvgIpc) is 3.01. The number of hydrogen-bond acceptors (Lipinski definition) is 8. The van der Waals surface area contributed by atoms with Gasteiger partial charge in [0.25, 0.3) is 5.69 Å². The van der Waals surface area contributed by atoms with Crippen molar-refractivity contribution >= 4 is 14.0 Å². The van der Waals surface area contributed by atoms with E-state index in [4.69, 9.17) is 23.4 Å². The molecule has 0 bridgehead atoms. The average molecular weight is 658 g/mol. The van der Waals surface area contributed by atoms with E-state index in [-0.39, 0.29) is 35.5 Å². The van der Waals surface area contributed by atoms with Gasteiger partial charge >= 0.3 is 0 Å². The first-order chi connectivity index (χ1) is 21.6. The fraction of sp³-hybridized carbons (Fsp3) is 0.556. The first-order valence-electron chi connectivity index (χ1n) is 15.8. The predicted octanol–water partition coefficient (Wildman–Crippen LogP) is 8.02. The Bertz CT molecular complexity index is 1270. The molecule has 0 aliphatic heterocycles. The lowest BCUT2D eigenvalue weighted by Crippen LogP contribution is -2.40. The molecule has 2 rings (SSSR count). The van der Waals surface area contributed by atoms with E-state index in [1.165, 1.54) is 12.1 Å². The highest BCUT2D eigenvalue weighted by atomic mass is 28.4. The molecule has 0 radical (unpaired) electrons. The Kier molecular flexibility index (Phi) is 15.8. The number of non-ortho nitro benzene ring substituents is 1. The molecule has 2 aromatic carbocycles. The van der Waals surface area contributed by atoms with Gasteiger partial charge in [-0.05, 0) is 78.5 Å². The van der Waals surface area contributed by atoms with Gasteiger partial charge in [0.1, 0.15) is 5.75 Å². The zero-order valence-electron chi connectivity index (χ0n) is 29.4. The van der Waals surface area contributed by atoms with E-state index >= 15 is 0 Å². The Morgan fingerprint density at radius 2 is 1.50 bits per heavy atom. The number of ether oxygens (including phenoxy) is 4. The molecule has 4 atom stereocenters. The van der Waals surface area contributed by atoms with Crippen molar-refractivity contribution in [1.29, 1.82) is 0 Å². The third kappa shape index (κ3) is 12.4. The van der Waals surface area contributed by atoms with Crippen molar-refractivity contribution in [2.75, 3.05) is 27.4 Å². The molecule has 0 aliphatic carbocycles. The van der Waals surface area contributed by atoms with Crippen LogP contribution in [0.5, 0.6) is 5.75 Å². The van der Waals surface area contributed by atoms with Crippen LogP contribution in [0.25, 0.3) is 0 Å². The number of hydrogen-bond donors (Lipinski definition) is 1. The minimum Gasteiger partial charge on any atom is -0.497 e. The number of aliphatic hydroxyl groups is 1. The molecule has 0 amide bonds. The summed E-state index contributed by atoms with van der Waals surface area (Å²) in [5.74, 6) is 0.670. The number of aliphatic hydroxyl groups excluding tert-OH is 1. The summed E-state index contributed by atoms with van der Waals surface area (Å²) in [6.45, 7) is 18.6. The molecular formula is C36H55NO8Si. The number of nitro groups is 1. The van der Waals surface area contributed by atoms with Gasteiger partial charge in [0.15, 0.2) is 8.32 Å². The van der Waals surface area contributed by atoms with Crippen molar-refractivity contribution in [3.8, 4) is 5.75 Å². The lowest BCUT2D eigenvalue weighted by Gasteiger charge is -2.36. The van der Waals surface area contributed by atoms with E-state index in [0.29, 0.717) is 26.2 Å². The summed E-state index contributed by atoms with van der Waals surface area (Å²) < 4.78 is 29.8. The Morgan fingerprint density at radius 3 is 2.04 bits per heavy atom. The standard InChI is InChI=1S/C36H55NO8Si/c1-26(20-22-45-46(9,10)36(4,5)6)33(38)23-34(44-25-30-11-15-31(16-12-30)37(39)40)28(3)35(42-8)27(2)19-21-43-24-29-13-17-32(41-7)18-14-29/h11-20,28,33-35,38H,21-25H2,1-10H3/b26-20+,27-19+/t28-,33-,34-,35-/m0/s1. The third-order valence-corrected chi connectivity index (χ3v) is 13.5. The van der Waals surface area contributed by atoms with E-state index in [0.717, 1.165) is 28.0 Å². The molecule has 0 saturated carbocycles. The molecule has 10 heteroatoms. The lowest BCUT2D eigenvalue weighted by molar-refractivity contribution is -0.384. The topological polar surface area (TPSA) is 110 Å². The maximum atomic E-state index is 11.3. The molecule has 0 spiro atoms. The van der Waals surface area contributed by atoms with Gasteiger partial charge in [-0.1, -0.05) is 52.0 Å². The van der Waals surface area contributed by atoms with Crippen LogP contribution in [0.1, 0.15) is 59.1 Å². The van der Waals surface area contributed by atoms with Crippen LogP contribution in [0.15, 0.2) is 71.8 Å². The van der Waals surface area contributed by atoms with Gasteiger partial charge in [-0.2, -0.15) is 0 Å². The summed E-state index contributed by atoms with van der Waals surface area (Å²) in [6.07, 6.45) is 2.90. The van der Waals surface area contributed by atoms with Crippen LogP contribution in [0.3, 0.4) is 0 Å². The highest BCUT2D eigenvalue weighted by Gasteiger charge is 2.37. The third-order valence-electron chi connectivity index (χ3n) is 8.97. The molecule has 0 heterocycles. The zero-order valence-corrected chi connectivity index (χ0v) is 30.4. The van der Waals surface area contributed by atoms with Crippen LogP contribution in [0, 0.1) is 16.0 Å². The molecule has 9 nitrogen and oxygen atoms in total. The minimum absolute atomic E-state index is 0.0270. The van der Waals surface area contributed by atoms with Crippen LogP contribution in [0.2, 0.25) is 18.1 Å². The number of rotatable bonds is 19. The smallest absolute Gasteiger partial charge is 0.269 e. The Balaban J connectivity index is 2.15. The largest absolute Gasteiger partial charge is 0.497 e. The van der Waals surface area contributed by atoms with E-state index in [9.17, 15) is 15.2 Å². The van der Waals surface area contributed by atoms with E-state index in [1.807, 2.05) is 50.3 Å². The summed E-state index contributed by atoms with van der Waals surface area (Å²) >= 11 is 0. The zero-order chi connectivity index (χ0) is 34.5. The molecule has 0 aliphatic rings. The van der Waals surface area contributed by atoms with Crippen LogP contribution in [-0.4, -0.2) is 64.1 Å². The molecule has 0 aromatic heterocycles. The lowest BCUT2D eigenvalue weighted by atomic mass is 9.88. The van der Waals surface area contributed by atoms with Crippen molar-refractivity contribution in [3.63, 3.8) is 0 Å². The van der Waals surface area contributed by atoms with Crippen molar-refractivity contribution in [2.24, 2.45) is 5.92 Å². The van der Waals surface area contributed by atoms with Crippen LogP contribution in [-0.2, 0) is 31.9 Å². The summed E-state index contributed by atoms with van der Waals surface area (Å²) in [6, 6.07) is 14.1. The van der Waals surface area contributed by atoms with Gasteiger partial charge in [0.2, 0.25) is 0 Å². The highest BCUT2D eigenvalue weighted by molar-refractivity contribution is 6.74. The van der Waals surface area contributed by atoms with Gasteiger partial charge in [-0.25, -0.2) is 0 Å². The first kappa shape index (κ1) is 39.3. The fourth-order valence-corrected chi connectivity index (χ4v) is 5.64. The number of nitrogens with zero attached hydrogens (tertiary/aromatic N) is 1. The molecule has 2 aromatic rings. The normalized spacial score (nSPS) is 15.7. The van der Waals surface area contributed by atoms with Crippen LogP contribution < -0.4 is 4.74 Å². The summed E-state index contributed by atoms with van der Waals surface area (Å²) in [4.78, 5) is 10.7. The predicted molar refractivity (Wildman–Crippen MR) is 186 cm³/mol. The van der Waals surface area contributed by atoms with Gasteiger partial charge in [0, 0.05) is 31.6 Å². The quantitative estimate of drug-likeness (QED) is 0.0532. The second kappa shape index (κ2) is 18.5. The summed E-state index contributed by atoms with van der Waals surface area (Å²) in [5, 5.41) is 22.5. The van der Waals surface area contributed by atoms with Crippen molar-refractivity contribution in [1.82, 2.24) is 0 Å². The van der Waals surface area contributed by atoms with Gasteiger partial charge in [-0.15, -0.1) is 0 Å². The van der Waals surface area contributed by atoms with Crippen LogP contribution >= 0.6 is 0 Å². The fourth-order valence-electron chi connectivity index (χ4n) is 4.71. The molecule has 1 N–H and O–H groups in total. The second-order valence-electron chi connectivity index (χ2n) is 13.4. The SMILES string of the molecule is COc1ccc(COC/C=C(\C)[C@H](OC)[C@@H](C)[C@H](C[C@H](O)/C(C)=C/CO[Si](C)(C)C(C)(C)C)OCc2ccc([N+](=O)[O-])cc2)cc1. The van der Waals surface area contributed by atoms with Crippen molar-refractivity contribution < 1.29 is 33.4 Å². The number of methoxy groups -OCH3 is 2. The minimum atomic E-state index is -1.92. The molecular weight excluding hydrogens is 602 g/mol. The second-order valence-corrected chi connectivity index (χ2v) is 18.2. The van der Waals surface area contributed by atoms with E-state index < -0.39 is 19.3 Å². The number of benzene rings is 2. The Hall–Kier alpha value is -2.86. The van der Waals surface area contributed by atoms with Gasteiger partial charge in [0.05, 0.1) is 56.8 Å². The molecule has 0 fully saturated rings. The maximum absolute atomic E-state index is 11.3. The number of nitro benzene ring substituents is 1. The molecule has 0 unspecified atom stereocenters. The highest BCUT2D eigenvalue weighted by Crippen LogP contribution is 2.36. The molecule has 0 saturated heterocycles. The summed E-state index contributed by atoms with van der Waals surface area (Å²) in [5.41, 5.74) is 3.70. The van der Waals surface area contributed by atoms with Crippen molar-refractivity contribution in [3.05, 3.63) is 93.1 Å².